The van der Waals surface area contributed by atoms with Gasteiger partial charge in [-0.1, -0.05) is 60.7 Å². The van der Waals surface area contributed by atoms with E-state index in [9.17, 15) is 0 Å². The minimum atomic E-state index is 0.939. The Kier molecular flexibility index (Phi) is 11.4. The molecule has 9 heterocycles. The summed E-state index contributed by atoms with van der Waals surface area (Å²) in [6, 6.07) is 48.1. The lowest BCUT2D eigenvalue weighted by Crippen LogP contribution is -1.78. The Balaban J connectivity index is 0.000000104. The lowest BCUT2D eigenvalue weighted by Gasteiger charge is -1.98. The molecule has 13 rings (SSSR count). The molecule has 7 aromatic heterocycles. The second-order valence-electron chi connectivity index (χ2n) is 14.6. The number of rotatable bonds is 2. The van der Waals surface area contributed by atoms with Crippen LogP contribution in [0.25, 0.3) is 90.1 Å². The zero-order valence-corrected chi connectivity index (χ0v) is 35.8. The molecule has 0 unspecified atom stereocenters. The van der Waals surface area contributed by atoms with Crippen LogP contribution in [0.2, 0.25) is 0 Å². The smallest absolute Gasteiger partial charge is 0.0886 e. The van der Waals surface area contributed by atoms with E-state index in [2.05, 4.69) is 148 Å². The standard InChI is InChI=1S/C20H14N4.C13H10.C12H8S3.C8H6N2/c1-2-14-10-16-5-6-18(23-16)12-20-8-7-19(24-20)11-17-4-3-15(22-17)9-13(1)21-14;1-3-7-12-10(5-1)9-11-6-2-4-8-13(11)12;1-4-13-7-9(1)11-3-6-15-12(11)10-2-5-14-8-10;1-2-4-8-7(3-1)9-5-6-10-8/h1-12,21,24H;1-8H,9H2;1-8H;1-6H. The Morgan fingerprint density at radius 1 is 0.419 bits per heavy atom. The first kappa shape index (κ1) is 38.9. The highest BCUT2D eigenvalue weighted by atomic mass is 32.1. The minimum Gasteiger partial charge on any atom is -0.355 e. The van der Waals surface area contributed by atoms with Crippen LogP contribution in [-0.4, -0.2) is 29.9 Å². The Morgan fingerprint density at radius 2 is 0.871 bits per heavy atom. The van der Waals surface area contributed by atoms with Gasteiger partial charge in [0.25, 0.3) is 0 Å². The van der Waals surface area contributed by atoms with Crippen LogP contribution >= 0.6 is 34.0 Å². The molecule has 9 heteroatoms. The van der Waals surface area contributed by atoms with Crippen LogP contribution in [0.5, 0.6) is 0 Å². The van der Waals surface area contributed by atoms with E-state index < -0.39 is 0 Å². The van der Waals surface area contributed by atoms with Crippen LogP contribution in [0.1, 0.15) is 33.9 Å². The van der Waals surface area contributed by atoms with Crippen molar-refractivity contribution in [2.75, 3.05) is 0 Å². The molecule has 0 saturated carbocycles. The highest BCUT2D eigenvalue weighted by molar-refractivity contribution is 7.15. The predicted molar refractivity (Wildman–Crippen MR) is 264 cm³/mol. The summed E-state index contributed by atoms with van der Waals surface area (Å²) in [5.74, 6) is 0. The fraction of sp³-hybridized carbons (Fsp3) is 0.0189. The maximum Gasteiger partial charge on any atom is 0.0886 e. The number of fused-ring (bicyclic) bond motifs is 12. The van der Waals surface area contributed by atoms with Crippen molar-refractivity contribution in [3.8, 4) is 32.7 Å². The van der Waals surface area contributed by atoms with E-state index in [1.807, 2.05) is 84.2 Å². The van der Waals surface area contributed by atoms with Crippen LogP contribution in [0.15, 0.2) is 179 Å². The molecule has 8 bridgehead atoms. The van der Waals surface area contributed by atoms with E-state index >= 15 is 0 Å². The molecule has 3 aliphatic rings. The van der Waals surface area contributed by atoms with Crippen LogP contribution < -0.4 is 0 Å². The molecular weight excluding hydrogens is 817 g/mol. The monoisotopic (exact) mass is 854 g/mol. The molecule has 0 saturated heterocycles. The highest BCUT2D eigenvalue weighted by Gasteiger charge is 2.16. The quantitative estimate of drug-likeness (QED) is 0.181. The second kappa shape index (κ2) is 18.1. The van der Waals surface area contributed by atoms with E-state index in [-0.39, 0.29) is 0 Å². The van der Waals surface area contributed by atoms with Crippen molar-refractivity contribution in [1.82, 2.24) is 29.9 Å². The Morgan fingerprint density at radius 3 is 1.34 bits per heavy atom. The van der Waals surface area contributed by atoms with Gasteiger partial charge in [0.2, 0.25) is 0 Å². The number of para-hydroxylation sites is 2. The number of nitrogens with zero attached hydrogens (tertiary/aromatic N) is 4. The van der Waals surface area contributed by atoms with Crippen molar-refractivity contribution < 1.29 is 0 Å². The van der Waals surface area contributed by atoms with Gasteiger partial charge in [0, 0.05) is 50.5 Å². The number of aromatic nitrogens is 6. The molecule has 62 heavy (non-hydrogen) atoms. The molecule has 2 N–H and O–H groups in total. The molecule has 0 fully saturated rings. The molecule has 0 amide bonds. The van der Waals surface area contributed by atoms with Crippen molar-refractivity contribution in [3.63, 3.8) is 0 Å². The molecule has 0 radical (unpaired) electrons. The number of hydrogen-bond donors (Lipinski definition) is 2. The van der Waals surface area contributed by atoms with E-state index in [4.69, 9.17) is 0 Å². The Labute approximate surface area is 371 Å². The fourth-order valence-corrected chi connectivity index (χ4v) is 9.80. The molecular formula is C53H38N6S3. The normalized spacial score (nSPS) is 11.7. The second-order valence-corrected chi connectivity index (χ2v) is 17.1. The van der Waals surface area contributed by atoms with Crippen LogP contribution in [0.3, 0.4) is 0 Å². The summed E-state index contributed by atoms with van der Waals surface area (Å²) in [6.07, 6.45) is 12.6. The molecule has 3 aromatic carbocycles. The lowest BCUT2D eigenvalue weighted by molar-refractivity contribution is 1.26. The van der Waals surface area contributed by atoms with Gasteiger partial charge in [-0.15, -0.1) is 11.3 Å². The van der Waals surface area contributed by atoms with Crippen molar-refractivity contribution in [3.05, 3.63) is 213 Å². The third-order valence-electron chi connectivity index (χ3n) is 10.4. The highest BCUT2D eigenvalue weighted by Crippen LogP contribution is 2.38. The molecule has 1 aliphatic carbocycles. The fourth-order valence-electron chi connectivity index (χ4n) is 7.50. The van der Waals surface area contributed by atoms with Gasteiger partial charge in [-0.3, -0.25) is 9.97 Å². The first-order valence-corrected chi connectivity index (χ1v) is 22.9. The maximum absolute atomic E-state index is 4.63. The first-order valence-electron chi connectivity index (χ1n) is 20.2. The summed E-state index contributed by atoms with van der Waals surface area (Å²) in [6.45, 7) is 0. The topological polar surface area (TPSA) is 83.1 Å². The van der Waals surface area contributed by atoms with Gasteiger partial charge in [0.1, 0.15) is 0 Å². The van der Waals surface area contributed by atoms with Gasteiger partial charge < -0.3 is 9.97 Å². The lowest BCUT2D eigenvalue weighted by atomic mass is 10.1. The van der Waals surface area contributed by atoms with Gasteiger partial charge >= 0.3 is 0 Å². The van der Waals surface area contributed by atoms with Gasteiger partial charge in [-0.2, -0.15) is 22.7 Å². The molecule has 10 aromatic rings. The largest absolute Gasteiger partial charge is 0.355 e. The molecule has 0 atom stereocenters. The zero-order valence-electron chi connectivity index (χ0n) is 33.4. The van der Waals surface area contributed by atoms with Crippen molar-refractivity contribution >= 4 is 91.4 Å². The summed E-state index contributed by atoms with van der Waals surface area (Å²) < 4.78 is 0. The van der Waals surface area contributed by atoms with E-state index in [1.165, 1.54) is 43.8 Å². The predicted octanol–water partition coefficient (Wildman–Crippen LogP) is 14.7. The van der Waals surface area contributed by atoms with E-state index in [0.717, 1.165) is 62.3 Å². The van der Waals surface area contributed by atoms with Crippen molar-refractivity contribution in [1.29, 1.82) is 0 Å². The summed E-state index contributed by atoms with van der Waals surface area (Å²) in [5, 5.41) is 10.8. The van der Waals surface area contributed by atoms with Crippen LogP contribution in [0.4, 0.5) is 0 Å². The summed E-state index contributed by atoms with van der Waals surface area (Å²) in [7, 11) is 0. The number of nitrogens with one attached hydrogen (secondary N) is 2. The Bertz CT molecular complexity index is 3020. The van der Waals surface area contributed by atoms with E-state index in [1.54, 1.807) is 35.1 Å². The third kappa shape index (κ3) is 9.06. The summed E-state index contributed by atoms with van der Waals surface area (Å²) >= 11 is 5.32. The number of aromatic amines is 2. The minimum absolute atomic E-state index is 0.939. The molecule has 2 aliphatic heterocycles. The average Bonchev–Trinajstić information content (AvgIpc) is 4.15. The maximum atomic E-state index is 4.63. The number of H-pyrrole nitrogens is 2. The van der Waals surface area contributed by atoms with Crippen LogP contribution in [-0.2, 0) is 6.42 Å². The number of thiophene rings is 3. The van der Waals surface area contributed by atoms with Gasteiger partial charge in [0.05, 0.1) is 33.8 Å². The van der Waals surface area contributed by atoms with Crippen molar-refractivity contribution in [2.24, 2.45) is 0 Å². The van der Waals surface area contributed by atoms with Gasteiger partial charge in [-0.05, 0) is 164 Å². The zero-order chi connectivity index (χ0) is 41.5. The Hall–Kier alpha value is -7.30. The number of hydrogen-bond acceptors (Lipinski definition) is 7. The average molecular weight is 855 g/mol. The molecule has 298 valence electrons. The van der Waals surface area contributed by atoms with Crippen LogP contribution in [0, 0.1) is 0 Å². The molecule has 6 nitrogen and oxygen atoms in total. The summed E-state index contributed by atoms with van der Waals surface area (Å²) in [4.78, 5) is 25.6. The van der Waals surface area contributed by atoms with Gasteiger partial charge in [-0.25, -0.2) is 9.97 Å². The SMILES string of the molecule is C1=Cc2cc3ccc(cc4nc(cc5ccc(cc1n2)[nH]5)C=C4)[nH]3.c1cc(-c2ccsc2-c2ccsc2)cs1.c1ccc2c(c1)Cc1ccccc1-2.c1ccc2nccnc2c1. The third-order valence-corrected chi connectivity index (χ3v) is 12.7. The molecule has 0 spiro atoms. The first-order chi connectivity index (χ1) is 30.7. The summed E-state index contributed by atoms with van der Waals surface area (Å²) in [5.41, 5.74) is 19.6. The van der Waals surface area contributed by atoms with Gasteiger partial charge in [0.15, 0.2) is 0 Å². The van der Waals surface area contributed by atoms with Crippen molar-refractivity contribution in [2.45, 2.75) is 6.42 Å². The number of benzene rings is 3. The van der Waals surface area contributed by atoms with E-state index in [0.29, 0.717) is 0 Å².